The average molecular weight is 340 g/mol. The van der Waals surface area contributed by atoms with E-state index in [0.29, 0.717) is 42.6 Å². The minimum absolute atomic E-state index is 0.0542. The summed E-state index contributed by atoms with van der Waals surface area (Å²) >= 11 is 0. The normalized spacial score (nSPS) is 18.9. The molecule has 7 nitrogen and oxygen atoms in total. The summed E-state index contributed by atoms with van der Waals surface area (Å²) in [6, 6.07) is 5.37. The molecule has 3 heterocycles. The van der Waals surface area contributed by atoms with E-state index in [9.17, 15) is 4.79 Å². The molecule has 0 radical (unpaired) electrons. The van der Waals surface area contributed by atoms with Gasteiger partial charge in [-0.15, -0.1) is 0 Å². The lowest BCUT2D eigenvalue weighted by Crippen LogP contribution is -2.32. The van der Waals surface area contributed by atoms with Gasteiger partial charge >= 0.3 is 0 Å². The highest BCUT2D eigenvalue weighted by Crippen LogP contribution is 2.38. The molecule has 1 aromatic carbocycles. The Morgan fingerprint density at radius 1 is 1.28 bits per heavy atom. The van der Waals surface area contributed by atoms with Crippen LogP contribution in [0.1, 0.15) is 34.9 Å². The Kier molecular flexibility index (Phi) is 4.13. The van der Waals surface area contributed by atoms with Crippen LogP contribution in [0.3, 0.4) is 0 Å². The minimum Gasteiger partial charge on any atom is -0.486 e. The highest BCUT2D eigenvalue weighted by atomic mass is 16.6. The van der Waals surface area contributed by atoms with Gasteiger partial charge in [0, 0.05) is 13.6 Å². The molecule has 25 heavy (non-hydrogen) atoms. The first-order valence-electron chi connectivity index (χ1n) is 8.47. The minimum atomic E-state index is -0.0753. The average Bonchev–Trinajstić information content (AvgIpc) is 3.17. The zero-order chi connectivity index (χ0) is 17.2. The largest absolute Gasteiger partial charge is 0.486 e. The monoisotopic (exact) mass is 340 g/mol. The van der Waals surface area contributed by atoms with Gasteiger partial charge < -0.3 is 19.7 Å². The van der Waals surface area contributed by atoms with E-state index in [1.165, 1.54) is 0 Å². The molecular formula is C18H20N4O3. The Labute approximate surface area is 146 Å². The zero-order valence-electron chi connectivity index (χ0n) is 14.1. The number of fused-ring (bicyclic) bond motifs is 1. The van der Waals surface area contributed by atoms with Crippen LogP contribution in [0, 0.1) is 0 Å². The lowest BCUT2D eigenvalue weighted by molar-refractivity contribution is 0.0722. The fraction of sp³-hybridized carbons (Fsp3) is 0.389. The first kappa shape index (κ1) is 15.7. The van der Waals surface area contributed by atoms with E-state index in [4.69, 9.17) is 9.47 Å². The van der Waals surface area contributed by atoms with Gasteiger partial charge in [-0.3, -0.25) is 9.78 Å². The number of carbonyl (C=O) groups is 1. The summed E-state index contributed by atoms with van der Waals surface area (Å²) in [4.78, 5) is 23.8. The molecule has 4 rings (SSSR count). The van der Waals surface area contributed by atoms with Crippen molar-refractivity contribution in [3.63, 3.8) is 0 Å². The maximum atomic E-state index is 13.2. The van der Waals surface area contributed by atoms with Crippen LogP contribution in [0.25, 0.3) is 0 Å². The molecule has 1 amide bonds. The number of hydrogen-bond donors (Lipinski definition) is 1. The van der Waals surface area contributed by atoms with E-state index in [1.54, 1.807) is 25.5 Å². The molecule has 0 bridgehead atoms. The molecule has 7 heteroatoms. The topological polar surface area (TPSA) is 76.6 Å². The number of amides is 1. The highest BCUT2D eigenvalue weighted by Gasteiger charge is 2.34. The SMILES string of the molecule is CNc1cncc([C@H]2CCCN2C(=O)c2cccc3c2OCCO3)n1. The molecule has 0 saturated carbocycles. The fourth-order valence-corrected chi connectivity index (χ4v) is 3.38. The van der Waals surface area contributed by atoms with Crippen LogP contribution < -0.4 is 14.8 Å². The van der Waals surface area contributed by atoms with Crippen LogP contribution >= 0.6 is 0 Å². The second kappa shape index (κ2) is 6.58. The molecule has 1 fully saturated rings. The first-order valence-corrected chi connectivity index (χ1v) is 8.47. The number of nitrogens with one attached hydrogen (secondary N) is 1. The smallest absolute Gasteiger partial charge is 0.258 e. The molecular weight excluding hydrogens is 320 g/mol. The van der Waals surface area contributed by atoms with E-state index in [1.807, 2.05) is 17.0 Å². The third-order valence-corrected chi connectivity index (χ3v) is 4.56. The van der Waals surface area contributed by atoms with Crippen LogP contribution in [-0.2, 0) is 0 Å². The zero-order valence-corrected chi connectivity index (χ0v) is 14.1. The van der Waals surface area contributed by atoms with Gasteiger partial charge in [-0.1, -0.05) is 6.07 Å². The molecule has 1 saturated heterocycles. The van der Waals surface area contributed by atoms with Crippen molar-refractivity contribution < 1.29 is 14.3 Å². The second-order valence-corrected chi connectivity index (χ2v) is 6.07. The summed E-state index contributed by atoms with van der Waals surface area (Å²) < 4.78 is 11.3. The number of anilines is 1. The standard InChI is InChI=1S/C18H20N4O3/c1-19-16-11-20-10-13(21-16)14-5-3-7-22(14)18(23)12-4-2-6-15-17(12)25-9-8-24-15/h2,4,6,10-11,14H,3,5,7-9H2,1H3,(H,19,21)/t14-/m1/s1. The number of para-hydroxylation sites is 1. The summed E-state index contributed by atoms with van der Waals surface area (Å²) in [5.41, 5.74) is 1.35. The van der Waals surface area contributed by atoms with Gasteiger partial charge in [-0.2, -0.15) is 0 Å². The number of rotatable bonds is 3. The van der Waals surface area contributed by atoms with Crippen LogP contribution in [0.5, 0.6) is 11.5 Å². The summed E-state index contributed by atoms with van der Waals surface area (Å²) in [5.74, 6) is 1.82. The van der Waals surface area contributed by atoms with E-state index in [-0.39, 0.29) is 11.9 Å². The highest BCUT2D eigenvalue weighted by molar-refractivity contribution is 5.98. The van der Waals surface area contributed by atoms with Crippen molar-refractivity contribution >= 4 is 11.7 Å². The molecule has 2 aliphatic rings. The fourth-order valence-electron chi connectivity index (χ4n) is 3.38. The van der Waals surface area contributed by atoms with Crippen molar-refractivity contribution in [2.45, 2.75) is 18.9 Å². The molecule has 130 valence electrons. The Balaban J connectivity index is 1.65. The van der Waals surface area contributed by atoms with Crippen molar-refractivity contribution in [2.24, 2.45) is 0 Å². The number of aromatic nitrogens is 2. The van der Waals surface area contributed by atoms with Crippen molar-refractivity contribution in [1.82, 2.24) is 14.9 Å². The van der Waals surface area contributed by atoms with Gasteiger partial charge in [0.25, 0.3) is 5.91 Å². The predicted octanol–water partition coefficient (Wildman–Crippen LogP) is 2.27. The van der Waals surface area contributed by atoms with E-state index < -0.39 is 0 Å². The molecule has 2 aliphatic heterocycles. The predicted molar refractivity (Wildman–Crippen MR) is 92.0 cm³/mol. The van der Waals surface area contributed by atoms with Crippen LogP contribution in [0.2, 0.25) is 0 Å². The summed E-state index contributed by atoms with van der Waals surface area (Å²) in [6.45, 7) is 1.65. The number of benzene rings is 1. The second-order valence-electron chi connectivity index (χ2n) is 6.07. The summed E-state index contributed by atoms with van der Waals surface area (Å²) in [6.07, 6.45) is 5.22. The van der Waals surface area contributed by atoms with Gasteiger partial charge in [0.05, 0.1) is 29.7 Å². The van der Waals surface area contributed by atoms with Gasteiger partial charge in [0.15, 0.2) is 11.5 Å². The van der Waals surface area contributed by atoms with Gasteiger partial charge in [-0.25, -0.2) is 4.98 Å². The van der Waals surface area contributed by atoms with Crippen molar-refractivity contribution in [3.05, 3.63) is 41.9 Å². The van der Waals surface area contributed by atoms with Crippen LogP contribution in [-0.4, -0.2) is 47.6 Å². The van der Waals surface area contributed by atoms with E-state index in [0.717, 1.165) is 18.5 Å². The molecule has 1 N–H and O–H groups in total. The summed E-state index contributed by atoms with van der Waals surface area (Å²) in [5, 5.41) is 2.99. The lowest BCUT2D eigenvalue weighted by Gasteiger charge is -2.27. The molecule has 1 aromatic heterocycles. The van der Waals surface area contributed by atoms with E-state index >= 15 is 0 Å². The van der Waals surface area contributed by atoms with Crippen LogP contribution in [0.15, 0.2) is 30.6 Å². The van der Waals surface area contributed by atoms with E-state index in [2.05, 4.69) is 15.3 Å². The molecule has 2 aromatic rings. The third kappa shape index (κ3) is 2.86. The Morgan fingerprint density at radius 3 is 3.04 bits per heavy atom. The lowest BCUT2D eigenvalue weighted by atomic mass is 10.1. The third-order valence-electron chi connectivity index (χ3n) is 4.56. The maximum absolute atomic E-state index is 13.2. The van der Waals surface area contributed by atoms with Gasteiger partial charge in [-0.05, 0) is 25.0 Å². The number of nitrogens with zero attached hydrogens (tertiary/aromatic N) is 3. The van der Waals surface area contributed by atoms with Gasteiger partial charge in [0.2, 0.25) is 0 Å². The van der Waals surface area contributed by atoms with Gasteiger partial charge in [0.1, 0.15) is 19.0 Å². The molecule has 1 atom stereocenters. The molecule has 0 spiro atoms. The van der Waals surface area contributed by atoms with Crippen molar-refractivity contribution in [1.29, 1.82) is 0 Å². The van der Waals surface area contributed by atoms with Crippen molar-refractivity contribution in [3.8, 4) is 11.5 Å². The Hall–Kier alpha value is -2.83. The Morgan fingerprint density at radius 2 is 2.16 bits per heavy atom. The number of likely N-dealkylation sites (tertiary alicyclic amines) is 1. The molecule has 0 aliphatic carbocycles. The maximum Gasteiger partial charge on any atom is 0.258 e. The Bertz CT molecular complexity index is 796. The summed E-state index contributed by atoms with van der Waals surface area (Å²) in [7, 11) is 1.80. The molecule has 0 unspecified atom stereocenters. The number of carbonyl (C=O) groups excluding carboxylic acids is 1. The quantitative estimate of drug-likeness (QED) is 0.924. The van der Waals surface area contributed by atoms with Crippen molar-refractivity contribution in [2.75, 3.05) is 32.1 Å². The number of ether oxygens (including phenoxy) is 2. The number of hydrogen-bond acceptors (Lipinski definition) is 6. The first-order chi connectivity index (χ1) is 12.3. The van der Waals surface area contributed by atoms with Crippen LogP contribution in [0.4, 0.5) is 5.82 Å².